The summed E-state index contributed by atoms with van der Waals surface area (Å²) in [6, 6.07) is 9.37. The van der Waals surface area contributed by atoms with Crippen molar-refractivity contribution in [2.45, 2.75) is 26.7 Å². The van der Waals surface area contributed by atoms with Gasteiger partial charge < -0.3 is 5.32 Å². The molecule has 6 heteroatoms. The largest absolute Gasteiger partial charge is 0.329 e. The minimum Gasteiger partial charge on any atom is -0.318 e. The van der Waals surface area contributed by atoms with Crippen LogP contribution in [0.3, 0.4) is 0 Å². The Balaban J connectivity index is 1.88. The fourth-order valence-electron chi connectivity index (χ4n) is 1.86. The lowest BCUT2D eigenvalue weighted by molar-refractivity contribution is -0.136. The van der Waals surface area contributed by atoms with Crippen LogP contribution in [0.4, 0.5) is 5.69 Å². The van der Waals surface area contributed by atoms with Crippen molar-refractivity contribution < 1.29 is 9.59 Å². The number of benzene rings is 1. The van der Waals surface area contributed by atoms with E-state index in [1.165, 1.54) is 23.1 Å². The standard InChI is InChI=1S/C17H19N3O2S/c1-11(2)13-4-6-14(7-5-13)19-16(21)17(22)20-18-10-15-12(3)8-9-23-15/h4-11H,1-3H3,(H,19,21)(H,20,22)/b18-10-. The molecule has 0 unspecified atom stereocenters. The molecule has 0 radical (unpaired) electrons. The molecule has 2 N–H and O–H groups in total. The van der Waals surface area contributed by atoms with Gasteiger partial charge in [0.25, 0.3) is 0 Å². The van der Waals surface area contributed by atoms with Gasteiger partial charge in [-0.1, -0.05) is 26.0 Å². The molecule has 0 aliphatic carbocycles. The highest BCUT2D eigenvalue weighted by Gasteiger charge is 2.13. The van der Waals surface area contributed by atoms with Crippen molar-refractivity contribution in [3.05, 3.63) is 51.7 Å². The summed E-state index contributed by atoms with van der Waals surface area (Å²) in [4.78, 5) is 24.4. The zero-order valence-electron chi connectivity index (χ0n) is 13.3. The molecule has 2 aromatic rings. The third kappa shape index (κ3) is 4.75. The number of hydrogen-bond donors (Lipinski definition) is 2. The number of rotatable bonds is 4. The van der Waals surface area contributed by atoms with Crippen LogP contribution in [0.25, 0.3) is 0 Å². The predicted molar refractivity (Wildman–Crippen MR) is 94.0 cm³/mol. The second kappa shape index (κ2) is 7.69. The summed E-state index contributed by atoms with van der Waals surface area (Å²) in [6.07, 6.45) is 1.53. The van der Waals surface area contributed by atoms with E-state index in [0.717, 1.165) is 10.4 Å². The molecule has 2 amide bonds. The van der Waals surface area contributed by atoms with Crippen molar-refractivity contribution in [2.75, 3.05) is 5.32 Å². The molecule has 2 rings (SSSR count). The van der Waals surface area contributed by atoms with E-state index in [1.54, 1.807) is 12.1 Å². The Bertz CT molecular complexity index is 718. The van der Waals surface area contributed by atoms with Gasteiger partial charge in [-0.15, -0.1) is 11.3 Å². The fraction of sp³-hybridized carbons (Fsp3) is 0.235. The van der Waals surface area contributed by atoms with Crippen LogP contribution < -0.4 is 10.7 Å². The molecule has 5 nitrogen and oxygen atoms in total. The number of nitrogens with zero attached hydrogens (tertiary/aromatic N) is 1. The first-order chi connectivity index (χ1) is 11.0. The van der Waals surface area contributed by atoms with Crippen LogP contribution in [0.1, 0.15) is 35.8 Å². The normalized spacial score (nSPS) is 11.0. The summed E-state index contributed by atoms with van der Waals surface area (Å²) in [6.45, 7) is 6.13. The Labute approximate surface area is 139 Å². The van der Waals surface area contributed by atoms with E-state index in [9.17, 15) is 9.59 Å². The van der Waals surface area contributed by atoms with Gasteiger partial charge in [0.15, 0.2) is 0 Å². The molecule has 0 atom stereocenters. The second-order valence-corrected chi connectivity index (χ2v) is 6.35. The number of hydrogen-bond acceptors (Lipinski definition) is 4. The lowest BCUT2D eigenvalue weighted by Gasteiger charge is -2.07. The van der Waals surface area contributed by atoms with Crippen LogP contribution in [0.15, 0.2) is 40.8 Å². The van der Waals surface area contributed by atoms with E-state index in [-0.39, 0.29) is 0 Å². The lowest BCUT2D eigenvalue weighted by atomic mass is 10.0. The van der Waals surface area contributed by atoms with Gasteiger partial charge in [0.05, 0.1) is 6.21 Å². The van der Waals surface area contributed by atoms with Gasteiger partial charge >= 0.3 is 11.8 Å². The highest BCUT2D eigenvalue weighted by Crippen LogP contribution is 2.17. The third-order valence-electron chi connectivity index (χ3n) is 3.29. The first-order valence-electron chi connectivity index (χ1n) is 7.26. The van der Waals surface area contributed by atoms with E-state index in [2.05, 4.69) is 29.7 Å². The fourth-order valence-corrected chi connectivity index (χ4v) is 2.64. The quantitative estimate of drug-likeness (QED) is 0.513. The van der Waals surface area contributed by atoms with Crippen molar-refractivity contribution >= 4 is 35.1 Å². The molecule has 1 aromatic carbocycles. The van der Waals surface area contributed by atoms with Crippen LogP contribution >= 0.6 is 11.3 Å². The van der Waals surface area contributed by atoms with Crippen LogP contribution in [0.2, 0.25) is 0 Å². The monoisotopic (exact) mass is 329 g/mol. The minimum atomic E-state index is -0.802. The Hall–Kier alpha value is -2.47. The van der Waals surface area contributed by atoms with Gasteiger partial charge in [-0.25, -0.2) is 5.43 Å². The molecular formula is C17H19N3O2S. The summed E-state index contributed by atoms with van der Waals surface area (Å²) in [5.74, 6) is -1.14. The number of carbonyl (C=O) groups is 2. The number of aryl methyl sites for hydroxylation is 1. The van der Waals surface area contributed by atoms with Crippen LogP contribution in [0, 0.1) is 6.92 Å². The second-order valence-electron chi connectivity index (χ2n) is 5.40. The zero-order chi connectivity index (χ0) is 16.8. The molecule has 0 aliphatic rings. The summed E-state index contributed by atoms with van der Waals surface area (Å²) in [5.41, 5.74) is 5.04. The van der Waals surface area contributed by atoms with Gasteiger partial charge in [-0.3, -0.25) is 9.59 Å². The van der Waals surface area contributed by atoms with Crippen molar-refractivity contribution in [2.24, 2.45) is 5.10 Å². The summed E-state index contributed by atoms with van der Waals surface area (Å²) in [5, 5.41) is 8.28. The molecule has 0 fully saturated rings. The Morgan fingerprint density at radius 2 is 1.83 bits per heavy atom. The highest BCUT2D eigenvalue weighted by atomic mass is 32.1. The number of carbonyl (C=O) groups excluding carboxylic acids is 2. The van der Waals surface area contributed by atoms with Gasteiger partial charge in [0.2, 0.25) is 0 Å². The third-order valence-corrected chi connectivity index (χ3v) is 4.24. The maximum atomic E-state index is 11.8. The van der Waals surface area contributed by atoms with Crippen molar-refractivity contribution in [1.29, 1.82) is 0 Å². The first-order valence-corrected chi connectivity index (χ1v) is 8.13. The molecule has 0 spiro atoms. The Morgan fingerprint density at radius 1 is 1.13 bits per heavy atom. The molecule has 1 heterocycles. The van der Waals surface area contributed by atoms with Crippen LogP contribution in [-0.4, -0.2) is 18.0 Å². The molecule has 23 heavy (non-hydrogen) atoms. The van der Waals surface area contributed by atoms with Crippen LogP contribution in [0.5, 0.6) is 0 Å². The smallest absolute Gasteiger partial charge is 0.318 e. The first kappa shape index (κ1) is 16.9. The molecule has 0 saturated carbocycles. The maximum absolute atomic E-state index is 11.8. The molecule has 0 aliphatic heterocycles. The molecular weight excluding hydrogens is 310 g/mol. The van der Waals surface area contributed by atoms with Crippen molar-refractivity contribution in [3.8, 4) is 0 Å². The van der Waals surface area contributed by atoms with Gasteiger partial charge in [0.1, 0.15) is 0 Å². The number of amides is 2. The van der Waals surface area contributed by atoms with Crippen molar-refractivity contribution in [1.82, 2.24) is 5.43 Å². The average Bonchev–Trinajstić information content (AvgIpc) is 2.93. The molecule has 0 saturated heterocycles. The van der Waals surface area contributed by atoms with E-state index in [0.29, 0.717) is 11.6 Å². The topological polar surface area (TPSA) is 70.6 Å². The Morgan fingerprint density at radius 3 is 2.39 bits per heavy atom. The van der Waals surface area contributed by atoms with Gasteiger partial charge in [-0.2, -0.15) is 5.10 Å². The highest BCUT2D eigenvalue weighted by molar-refractivity contribution is 7.11. The van der Waals surface area contributed by atoms with E-state index in [4.69, 9.17) is 0 Å². The predicted octanol–water partition coefficient (Wildman–Crippen LogP) is 3.27. The SMILES string of the molecule is Cc1ccsc1/C=N\NC(=O)C(=O)Nc1ccc(C(C)C)cc1. The average molecular weight is 329 g/mol. The minimum absolute atomic E-state index is 0.415. The molecule has 0 bridgehead atoms. The summed E-state index contributed by atoms with van der Waals surface area (Å²) >= 11 is 1.51. The molecule has 1 aromatic heterocycles. The summed E-state index contributed by atoms with van der Waals surface area (Å²) in [7, 11) is 0. The van der Waals surface area contributed by atoms with Gasteiger partial charge in [0, 0.05) is 10.6 Å². The van der Waals surface area contributed by atoms with Crippen molar-refractivity contribution in [3.63, 3.8) is 0 Å². The zero-order valence-corrected chi connectivity index (χ0v) is 14.1. The van der Waals surface area contributed by atoms with E-state index in [1.807, 2.05) is 30.5 Å². The number of thiophene rings is 1. The number of nitrogens with one attached hydrogen (secondary N) is 2. The van der Waals surface area contributed by atoms with Crippen LogP contribution in [-0.2, 0) is 9.59 Å². The molecule has 120 valence electrons. The summed E-state index contributed by atoms with van der Waals surface area (Å²) < 4.78 is 0. The lowest BCUT2D eigenvalue weighted by Crippen LogP contribution is -2.32. The van der Waals surface area contributed by atoms with E-state index >= 15 is 0 Å². The van der Waals surface area contributed by atoms with E-state index < -0.39 is 11.8 Å². The van der Waals surface area contributed by atoms with Gasteiger partial charge in [-0.05, 0) is 47.5 Å². The Kier molecular flexibility index (Phi) is 5.65. The number of anilines is 1. The number of hydrazone groups is 1. The maximum Gasteiger partial charge on any atom is 0.329 e.